The lowest BCUT2D eigenvalue weighted by Crippen LogP contribution is -2.36. The Hall–Kier alpha value is -2.33. The lowest BCUT2D eigenvalue weighted by Gasteiger charge is -2.23. The fourth-order valence-corrected chi connectivity index (χ4v) is 2.28. The van der Waals surface area contributed by atoms with E-state index in [1.54, 1.807) is 7.11 Å². The van der Waals surface area contributed by atoms with E-state index in [0.717, 1.165) is 16.9 Å². The number of carbonyl (C=O) groups excluding carboxylic acids is 1. The third kappa shape index (κ3) is 3.65. The number of hydrogen-bond acceptors (Lipinski definition) is 3. The van der Waals surface area contributed by atoms with Gasteiger partial charge in [-0.3, -0.25) is 4.79 Å². The first-order chi connectivity index (χ1) is 10.7. The number of hydrogen-bond donors (Lipinski definition) is 2. The number of methoxy groups -OCH3 is 1. The standard InChI is InChI=1S/C18H22N2O2/c1-13(12-19)18(21)20-17(14-8-4-3-5-9-14)15-10-6-7-11-16(15)22-2/h3-11,13,17H,12,19H2,1-2H3,(H,20,21). The molecular weight excluding hydrogens is 276 g/mol. The largest absolute Gasteiger partial charge is 0.496 e. The van der Waals surface area contributed by atoms with Gasteiger partial charge in [0.15, 0.2) is 0 Å². The van der Waals surface area contributed by atoms with E-state index in [1.165, 1.54) is 0 Å². The molecule has 0 aromatic heterocycles. The number of amides is 1. The summed E-state index contributed by atoms with van der Waals surface area (Å²) in [7, 11) is 1.63. The first-order valence-corrected chi connectivity index (χ1v) is 7.35. The van der Waals surface area contributed by atoms with Gasteiger partial charge in [0.05, 0.1) is 13.2 Å². The van der Waals surface area contributed by atoms with Gasteiger partial charge in [-0.25, -0.2) is 0 Å². The Labute approximate surface area is 131 Å². The highest BCUT2D eigenvalue weighted by Gasteiger charge is 2.22. The number of carbonyl (C=O) groups is 1. The Kier molecular flexibility index (Phi) is 5.55. The maximum absolute atomic E-state index is 12.3. The number of nitrogens with two attached hydrogens (primary N) is 1. The van der Waals surface area contributed by atoms with Crippen LogP contribution in [0.1, 0.15) is 24.1 Å². The van der Waals surface area contributed by atoms with Gasteiger partial charge in [0, 0.05) is 18.0 Å². The SMILES string of the molecule is COc1ccccc1C(NC(=O)C(C)CN)c1ccccc1. The summed E-state index contributed by atoms with van der Waals surface area (Å²) in [5.74, 6) is 0.445. The second kappa shape index (κ2) is 7.61. The summed E-state index contributed by atoms with van der Waals surface area (Å²) >= 11 is 0. The number of benzene rings is 2. The first-order valence-electron chi connectivity index (χ1n) is 7.35. The van der Waals surface area contributed by atoms with E-state index < -0.39 is 0 Å². The third-order valence-electron chi connectivity index (χ3n) is 3.67. The molecule has 0 spiro atoms. The molecular formula is C18H22N2O2. The Balaban J connectivity index is 2.40. The fourth-order valence-electron chi connectivity index (χ4n) is 2.28. The lowest BCUT2D eigenvalue weighted by atomic mass is 9.97. The Morgan fingerprint density at radius 1 is 1.14 bits per heavy atom. The Morgan fingerprint density at radius 2 is 1.77 bits per heavy atom. The number of para-hydroxylation sites is 1. The van der Waals surface area contributed by atoms with Crippen LogP contribution in [-0.4, -0.2) is 19.6 Å². The summed E-state index contributed by atoms with van der Waals surface area (Å²) in [5, 5.41) is 3.08. The van der Waals surface area contributed by atoms with E-state index >= 15 is 0 Å². The van der Waals surface area contributed by atoms with E-state index in [0.29, 0.717) is 6.54 Å². The van der Waals surface area contributed by atoms with E-state index in [9.17, 15) is 4.79 Å². The van der Waals surface area contributed by atoms with Gasteiger partial charge < -0.3 is 15.8 Å². The van der Waals surface area contributed by atoms with Crippen LogP contribution < -0.4 is 15.8 Å². The minimum absolute atomic E-state index is 0.0674. The van der Waals surface area contributed by atoms with E-state index in [1.807, 2.05) is 61.5 Å². The lowest BCUT2D eigenvalue weighted by molar-refractivity contribution is -0.124. The van der Waals surface area contributed by atoms with Crippen molar-refractivity contribution in [3.8, 4) is 5.75 Å². The number of rotatable bonds is 6. The second-order valence-electron chi connectivity index (χ2n) is 5.23. The van der Waals surface area contributed by atoms with Gasteiger partial charge in [-0.1, -0.05) is 55.5 Å². The molecule has 2 atom stereocenters. The molecule has 0 aliphatic rings. The molecule has 4 heteroatoms. The van der Waals surface area contributed by atoms with Crippen molar-refractivity contribution < 1.29 is 9.53 Å². The van der Waals surface area contributed by atoms with Crippen LogP contribution in [0.3, 0.4) is 0 Å². The molecule has 0 bridgehead atoms. The van der Waals surface area contributed by atoms with Crippen LogP contribution in [-0.2, 0) is 4.79 Å². The second-order valence-corrected chi connectivity index (χ2v) is 5.23. The van der Waals surface area contributed by atoms with Crippen LogP contribution in [0.2, 0.25) is 0 Å². The van der Waals surface area contributed by atoms with Crippen molar-refractivity contribution in [1.82, 2.24) is 5.32 Å². The van der Waals surface area contributed by atoms with Crippen LogP contribution in [0, 0.1) is 5.92 Å². The molecule has 0 aliphatic heterocycles. The van der Waals surface area contributed by atoms with Crippen molar-refractivity contribution in [1.29, 1.82) is 0 Å². The van der Waals surface area contributed by atoms with Crippen LogP contribution in [0.25, 0.3) is 0 Å². The van der Waals surface area contributed by atoms with Gasteiger partial charge >= 0.3 is 0 Å². The number of ether oxygens (including phenoxy) is 1. The Bertz CT molecular complexity index is 613. The van der Waals surface area contributed by atoms with Gasteiger partial charge in [-0.15, -0.1) is 0 Å². The zero-order chi connectivity index (χ0) is 15.9. The third-order valence-corrected chi connectivity index (χ3v) is 3.67. The van der Waals surface area contributed by atoms with Gasteiger partial charge in [0.25, 0.3) is 0 Å². The Morgan fingerprint density at radius 3 is 2.41 bits per heavy atom. The maximum Gasteiger partial charge on any atom is 0.224 e. The van der Waals surface area contributed by atoms with Crippen molar-refractivity contribution in [3.63, 3.8) is 0 Å². The zero-order valence-corrected chi connectivity index (χ0v) is 13.0. The zero-order valence-electron chi connectivity index (χ0n) is 13.0. The highest BCUT2D eigenvalue weighted by atomic mass is 16.5. The maximum atomic E-state index is 12.3. The molecule has 22 heavy (non-hydrogen) atoms. The minimum Gasteiger partial charge on any atom is -0.496 e. The summed E-state index contributed by atoms with van der Waals surface area (Å²) in [4.78, 5) is 12.3. The molecule has 0 saturated carbocycles. The highest BCUT2D eigenvalue weighted by molar-refractivity contribution is 5.79. The van der Waals surface area contributed by atoms with E-state index in [-0.39, 0.29) is 17.9 Å². The fraction of sp³-hybridized carbons (Fsp3) is 0.278. The average molecular weight is 298 g/mol. The summed E-state index contributed by atoms with van der Waals surface area (Å²) in [6.45, 7) is 2.14. The van der Waals surface area contributed by atoms with Gasteiger partial charge in [-0.2, -0.15) is 0 Å². The number of nitrogens with one attached hydrogen (secondary N) is 1. The molecule has 0 aliphatic carbocycles. The predicted molar refractivity (Wildman–Crippen MR) is 87.6 cm³/mol. The average Bonchev–Trinajstić information content (AvgIpc) is 2.59. The smallest absolute Gasteiger partial charge is 0.224 e. The van der Waals surface area contributed by atoms with E-state index in [4.69, 9.17) is 10.5 Å². The van der Waals surface area contributed by atoms with Crippen LogP contribution in [0.15, 0.2) is 54.6 Å². The van der Waals surface area contributed by atoms with Crippen molar-refractivity contribution in [2.45, 2.75) is 13.0 Å². The molecule has 2 aromatic carbocycles. The molecule has 2 rings (SSSR count). The molecule has 4 nitrogen and oxygen atoms in total. The molecule has 2 aromatic rings. The monoisotopic (exact) mass is 298 g/mol. The van der Waals surface area contributed by atoms with Crippen LogP contribution in [0.4, 0.5) is 0 Å². The molecule has 0 fully saturated rings. The first kappa shape index (κ1) is 16.0. The highest BCUT2D eigenvalue weighted by Crippen LogP contribution is 2.30. The topological polar surface area (TPSA) is 64.3 Å². The van der Waals surface area contributed by atoms with Crippen molar-refractivity contribution in [2.24, 2.45) is 11.7 Å². The van der Waals surface area contributed by atoms with Gasteiger partial charge in [-0.05, 0) is 11.6 Å². The summed E-state index contributed by atoms with van der Waals surface area (Å²) in [6, 6.07) is 17.3. The molecule has 116 valence electrons. The molecule has 3 N–H and O–H groups in total. The normalized spacial score (nSPS) is 13.2. The van der Waals surface area contributed by atoms with Crippen molar-refractivity contribution in [2.75, 3.05) is 13.7 Å². The summed E-state index contributed by atoms with van der Waals surface area (Å²) in [5.41, 5.74) is 7.53. The molecule has 1 amide bonds. The molecule has 2 unspecified atom stereocenters. The molecule has 0 radical (unpaired) electrons. The van der Waals surface area contributed by atoms with Crippen molar-refractivity contribution in [3.05, 3.63) is 65.7 Å². The molecule has 0 heterocycles. The summed E-state index contributed by atoms with van der Waals surface area (Å²) in [6.07, 6.45) is 0. The van der Waals surface area contributed by atoms with E-state index in [2.05, 4.69) is 5.32 Å². The van der Waals surface area contributed by atoms with Crippen LogP contribution in [0.5, 0.6) is 5.75 Å². The quantitative estimate of drug-likeness (QED) is 0.861. The minimum atomic E-state index is -0.265. The summed E-state index contributed by atoms with van der Waals surface area (Å²) < 4.78 is 5.44. The predicted octanol–water partition coefficient (Wildman–Crippen LogP) is 2.50. The van der Waals surface area contributed by atoms with Gasteiger partial charge in [0.2, 0.25) is 5.91 Å². The van der Waals surface area contributed by atoms with Gasteiger partial charge in [0.1, 0.15) is 5.75 Å². The van der Waals surface area contributed by atoms with Crippen LogP contribution >= 0.6 is 0 Å². The molecule has 0 saturated heterocycles. The van der Waals surface area contributed by atoms with Crippen molar-refractivity contribution >= 4 is 5.91 Å².